The Hall–Kier alpha value is -2.09. The van der Waals surface area contributed by atoms with Crippen LogP contribution in [0.5, 0.6) is 0 Å². The average Bonchev–Trinajstić information content (AvgIpc) is 2.62. The smallest absolute Gasteiger partial charge is 0.262 e. The van der Waals surface area contributed by atoms with Crippen molar-refractivity contribution in [2.75, 3.05) is 16.6 Å². The normalized spacial score (nSPS) is 12.4. The van der Waals surface area contributed by atoms with Crippen molar-refractivity contribution < 1.29 is 17.9 Å². The van der Waals surface area contributed by atoms with Crippen LogP contribution in [0.25, 0.3) is 0 Å². The van der Waals surface area contributed by atoms with Gasteiger partial charge in [-0.25, -0.2) is 8.42 Å². The Bertz CT molecular complexity index is 898. The van der Waals surface area contributed by atoms with Gasteiger partial charge in [0, 0.05) is 23.0 Å². The maximum atomic E-state index is 12.8. The molecule has 2 aromatic rings. The van der Waals surface area contributed by atoms with E-state index in [4.69, 9.17) is 16.3 Å². The van der Waals surface area contributed by atoms with Gasteiger partial charge in [0.2, 0.25) is 0 Å². The van der Waals surface area contributed by atoms with Crippen molar-refractivity contribution in [2.45, 2.75) is 38.2 Å². The first-order chi connectivity index (χ1) is 12.8. The third-order valence-electron chi connectivity index (χ3n) is 3.87. The number of carbonyl (C=O) groups is 1. The van der Waals surface area contributed by atoms with E-state index >= 15 is 0 Å². The monoisotopic (exact) mass is 410 g/mol. The molecule has 1 atom stereocenters. The summed E-state index contributed by atoms with van der Waals surface area (Å²) in [6.45, 7) is 5.78. The lowest BCUT2D eigenvalue weighted by atomic mass is 10.2. The van der Waals surface area contributed by atoms with E-state index in [2.05, 4.69) is 10.0 Å². The Morgan fingerprint density at radius 3 is 2.33 bits per heavy atom. The van der Waals surface area contributed by atoms with E-state index < -0.39 is 16.1 Å². The van der Waals surface area contributed by atoms with Crippen molar-refractivity contribution in [1.82, 2.24) is 0 Å². The Labute approximate surface area is 164 Å². The second kappa shape index (κ2) is 9.21. The molecule has 2 N–H and O–H groups in total. The predicted molar refractivity (Wildman–Crippen MR) is 108 cm³/mol. The highest BCUT2D eigenvalue weighted by Gasteiger charge is 2.20. The minimum Gasteiger partial charge on any atom is -0.369 e. The fraction of sp³-hybridized carbons (Fsp3) is 0.316. The van der Waals surface area contributed by atoms with Crippen LogP contribution in [-0.4, -0.2) is 27.0 Å². The Morgan fingerprint density at radius 1 is 1.11 bits per heavy atom. The molecule has 0 aliphatic heterocycles. The van der Waals surface area contributed by atoms with Crippen LogP contribution in [0.1, 0.15) is 25.8 Å². The summed E-state index contributed by atoms with van der Waals surface area (Å²) in [5, 5.41) is 3.23. The molecule has 6 nitrogen and oxygen atoms in total. The molecule has 0 spiro atoms. The van der Waals surface area contributed by atoms with Gasteiger partial charge < -0.3 is 10.1 Å². The second-order valence-electron chi connectivity index (χ2n) is 5.93. The molecule has 27 heavy (non-hydrogen) atoms. The van der Waals surface area contributed by atoms with E-state index in [1.54, 1.807) is 43.3 Å². The third-order valence-corrected chi connectivity index (χ3v) is 5.65. The van der Waals surface area contributed by atoms with Gasteiger partial charge in [0.25, 0.3) is 15.9 Å². The maximum absolute atomic E-state index is 12.8. The molecule has 1 amide bonds. The van der Waals surface area contributed by atoms with Gasteiger partial charge in [0.15, 0.2) is 0 Å². The van der Waals surface area contributed by atoms with Crippen LogP contribution >= 0.6 is 11.6 Å². The lowest BCUT2D eigenvalue weighted by molar-refractivity contribution is -0.127. The summed E-state index contributed by atoms with van der Waals surface area (Å²) in [6.07, 6.45) is -0.0574. The molecule has 0 bridgehead atoms. The fourth-order valence-corrected chi connectivity index (χ4v) is 3.95. The number of rotatable bonds is 8. The molecule has 0 fully saturated rings. The van der Waals surface area contributed by atoms with E-state index in [-0.39, 0.29) is 10.8 Å². The molecule has 0 aliphatic carbocycles. The SMILES string of the molecule is CCOC(CC)C(=O)Nc1ccc(C)c(S(=O)(=O)Nc2ccc(Cl)cc2)c1. The van der Waals surface area contributed by atoms with Crippen molar-refractivity contribution in [1.29, 1.82) is 0 Å². The molecule has 0 saturated carbocycles. The number of benzene rings is 2. The van der Waals surface area contributed by atoms with Crippen LogP contribution in [0.4, 0.5) is 11.4 Å². The van der Waals surface area contributed by atoms with Gasteiger partial charge in [-0.15, -0.1) is 0 Å². The summed E-state index contributed by atoms with van der Waals surface area (Å²) in [4.78, 5) is 12.4. The Balaban J connectivity index is 2.25. The van der Waals surface area contributed by atoms with Crippen LogP contribution in [0.3, 0.4) is 0 Å². The zero-order valence-electron chi connectivity index (χ0n) is 15.5. The van der Waals surface area contributed by atoms with Gasteiger partial charge in [-0.3, -0.25) is 9.52 Å². The molecule has 1 unspecified atom stereocenters. The molecule has 0 aromatic heterocycles. The standard InChI is InChI=1S/C19H23ClN2O4S/c1-4-17(26-5-2)19(23)21-16-9-6-13(3)18(12-16)27(24,25)22-15-10-7-14(20)8-11-15/h6-12,17,22H,4-5H2,1-3H3,(H,21,23). The molecule has 0 radical (unpaired) electrons. The van der Waals surface area contributed by atoms with Crippen LogP contribution in [0.2, 0.25) is 5.02 Å². The van der Waals surface area contributed by atoms with Gasteiger partial charge in [-0.2, -0.15) is 0 Å². The Kier molecular flexibility index (Phi) is 7.24. The summed E-state index contributed by atoms with van der Waals surface area (Å²) in [5.41, 5.74) is 1.35. The number of aryl methyl sites for hydroxylation is 1. The number of amides is 1. The van der Waals surface area contributed by atoms with Crippen molar-refractivity contribution in [3.8, 4) is 0 Å². The number of halogens is 1. The first-order valence-corrected chi connectivity index (χ1v) is 10.4. The van der Waals surface area contributed by atoms with Crippen LogP contribution < -0.4 is 10.0 Å². The number of hydrogen-bond acceptors (Lipinski definition) is 4. The molecule has 0 heterocycles. The molecule has 0 aliphatic rings. The molecule has 2 aromatic carbocycles. The topological polar surface area (TPSA) is 84.5 Å². The molecular weight excluding hydrogens is 388 g/mol. The third kappa shape index (κ3) is 5.69. The van der Waals surface area contributed by atoms with Crippen molar-refractivity contribution in [2.24, 2.45) is 0 Å². The average molecular weight is 411 g/mol. The lowest BCUT2D eigenvalue weighted by Crippen LogP contribution is -2.30. The number of anilines is 2. The van der Waals surface area contributed by atoms with E-state index in [0.29, 0.717) is 35.0 Å². The van der Waals surface area contributed by atoms with Crippen molar-refractivity contribution >= 4 is 38.9 Å². The van der Waals surface area contributed by atoms with E-state index in [1.807, 2.05) is 13.8 Å². The molecule has 0 saturated heterocycles. The van der Waals surface area contributed by atoms with Crippen LogP contribution in [-0.2, 0) is 19.6 Å². The number of ether oxygens (including phenoxy) is 1. The molecule has 8 heteroatoms. The van der Waals surface area contributed by atoms with Gasteiger partial charge >= 0.3 is 0 Å². The summed E-state index contributed by atoms with van der Waals surface area (Å²) in [5.74, 6) is -0.308. The fourth-order valence-electron chi connectivity index (χ4n) is 2.50. The number of nitrogens with one attached hydrogen (secondary N) is 2. The summed E-state index contributed by atoms with van der Waals surface area (Å²) >= 11 is 5.83. The predicted octanol–water partition coefficient (Wildman–Crippen LogP) is 4.20. The minimum absolute atomic E-state index is 0.0831. The summed E-state index contributed by atoms with van der Waals surface area (Å²) in [6, 6.07) is 11.1. The molecular formula is C19H23ClN2O4S. The van der Waals surface area contributed by atoms with E-state index in [0.717, 1.165) is 0 Å². The van der Waals surface area contributed by atoms with Gasteiger partial charge in [0.1, 0.15) is 6.10 Å². The van der Waals surface area contributed by atoms with Crippen LogP contribution in [0.15, 0.2) is 47.4 Å². The van der Waals surface area contributed by atoms with Gasteiger partial charge in [-0.1, -0.05) is 24.6 Å². The first-order valence-electron chi connectivity index (χ1n) is 8.58. The highest BCUT2D eigenvalue weighted by atomic mass is 35.5. The van der Waals surface area contributed by atoms with Gasteiger partial charge in [0.05, 0.1) is 4.90 Å². The van der Waals surface area contributed by atoms with Crippen LogP contribution in [0, 0.1) is 6.92 Å². The largest absolute Gasteiger partial charge is 0.369 e. The lowest BCUT2D eigenvalue weighted by Gasteiger charge is -2.16. The van der Waals surface area contributed by atoms with Gasteiger partial charge in [-0.05, 0) is 62.2 Å². The Morgan fingerprint density at radius 2 is 1.74 bits per heavy atom. The second-order valence-corrected chi connectivity index (χ2v) is 8.02. The molecule has 146 valence electrons. The highest BCUT2D eigenvalue weighted by molar-refractivity contribution is 7.92. The minimum atomic E-state index is -3.83. The molecule has 2 rings (SSSR count). The first kappa shape index (κ1) is 21.2. The quantitative estimate of drug-likeness (QED) is 0.682. The van der Waals surface area contributed by atoms with E-state index in [1.165, 1.54) is 6.07 Å². The zero-order chi connectivity index (χ0) is 20.0. The van der Waals surface area contributed by atoms with Crippen molar-refractivity contribution in [3.63, 3.8) is 0 Å². The number of carbonyl (C=O) groups excluding carboxylic acids is 1. The number of sulfonamides is 1. The number of hydrogen-bond donors (Lipinski definition) is 2. The maximum Gasteiger partial charge on any atom is 0.262 e. The highest BCUT2D eigenvalue weighted by Crippen LogP contribution is 2.24. The van der Waals surface area contributed by atoms with Crippen molar-refractivity contribution in [3.05, 3.63) is 53.1 Å². The van der Waals surface area contributed by atoms with E-state index in [9.17, 15) is 13.2 Å². The summed E-state index contributed by atoms with van der Waals surface area (Å²) < 4.78 is 33.4. The zero-order valence-corrected chi connectivity index (χ0v) is 17.0. The summed E-state index contributed by atoms with van der Waals surface area (Å²) in [7, 11) is -3.83.